The van der Waals surface area contributed by atoms with Crippen molar-refractivity contribution in [1.82, 2.24) is 0 Å². The molecule has 1 amide bonds. The molecular weight excluding hydrogens is 338 g/mol. The van der Waals surface area contributed by atoms with Crippen molar-refractivity contribution >= 4 is 40.2 Å². The predicted molar refractivity (Wildman–Crippen MR) is 87.0 cm³/mol. The molecule has 0 aliphatic heterocycles. The molecule has 20 heavy (non-hydrogen) atoms. The van der Waals surface area contributed by atoms with Gasteiger partial charge in [-0.15, -0.1) is 12.6 Å². The monoisotopic (exact) mass is 351 g/mol. The van der Waals surface area contributed by atoms with Crippen LogP contribution in [0.4, 0.5) is 5.69 Å². The van der Waals surface area contributed by atoms with Crippen molar-refractivity contribution in [2.24, 2.45) is 0 Å². The van der Waals surface area contributed by atoms with Crippen LogP contribution in [0.1, 0.15) is 17.3 Å². The summed E-state index contributed by atoms with van der Waals surface area (Å²) < 4.78 is 6.24. The van der Waals surface area contributed by atoms with Gasteiger partial charge in [0.15, 0.2) is 0 Å². The molecule has 0 radical (unpaired) electrons. The summed E-state index contributed by atoms with van der Waals surface area (Å²) in [7, 11) is 0. The molecule has 2 aromatic carbocycles. The van der Waals surface area contributed by atoms with E-state index in [9.17, 15) is 4.79 Å². The van der Waals surface area contributed by atoms with E-state index in [1.54, 1.807) is 24.3 Å². The molecule has 0 saturated heterocycles. The molecule has 0 atom stereocenters. The Labute approximate surface area is 131 Å². The smallest absolute Gasteiger partial charge is 0.256 e. The Morgan fingerprint density at radius 2 is 1.95 bits per heavy atom. The molecule has 104 valence electrons. The van der Waals surface area contributed by atoms with E-state index < -0.39 is 0 Å². The number of benzene rings is 2. The first-order chi connectivity index (χ1) is 9.60. The molecule has 0 fully saturated rings. The number of carbonyl (C=O) groups excluding carboxylic acids is 1. The van der Waals surface area contributed by atoms with Gasteiger partial charge in [-0.05, 0) is 49.4 Å². The average molecular weight is 352 g/mol. The molecule has 3 nitrogen and oxygen atoms in total. The standard InChI is InChI=1S/C15H14BrNO2S/c1-2-19-12-6-4-11(5-7-12)17-15(18)13-8-3-10(16)9-14(13)20/h3-9,20H,2H2,1H3,(H,17,18). The molecule has 0 unspecified atom stereocenters. The summed E-state index contributed by atoms with van der Waals surface area (Å²) in [6.45, 7) is 2.55. The van der Waals surface area contributed by atoms with Crippen LogP contribution in [0.15, 0.2) is 51.8 Å². The van der Waals surface area contributed by atoms with Crippen molar-refractivity contribution in [3.05, 3.63) is 52.5 Å². The molecule has 0 saturated carbocycles. The largest absolute Gasteiger partial charge is 0.494 e. The highest BCUT2D eigenvalue weighted by Crippen LogP contribution is 2.22. The van der Waals surface area contributed by atoms with Gasteiger partial charge in [0.2, 0.25) is 0 Å². The fourth-order valence-corrected chi connectivity index (χ4v) is 2.55. The summed E-state index contributed by atoms with van der Waals surface area (Å²) in [5.41, 5.74) is 1.25. The predicted octanol–water partition coefficient (Wildman–Crippen LogP) is 4.39. The lowest BCUT2D eigenvalue weighted by molar-refractivity contribution is 0.102. The zero-order valence-corrected chi connectivity index (χ0v) is 13.4. The molecule has 2 rings (SSSR count). The van der Waals surface area contributed by atoms with E-state index in [2.05, 4.69) is 33.9 Å². The molecule has 0 spiro atoms. The Morgan fingerprint density at radius 3 is 2.55 bits per heavy atom. The second-order valence-electron chi connectivity index (χ2n) is 4.07. The summed E-state index contributed by atoms with van der Waals surface area (Å²) in [6.07, 6.45) is 0. The van der Waals surface area contributed by atoms with Gasteiger partial charge in [-0.2, -0.15) is 0 Å². The number of thiol groups is 1. The number of hydrogen-bond acceptors (Lipinski definition) is 3. The van der Waals surface area contributed by atoms with Crippen LogP contribution in [0, 0.1) is 0 Å². The van der Waals surface area contributed by atoms with Crippen molar-refractivity contribution in [2.75, 3.05) is 11.9 Å². The topological polar surface area (TPSA) is 38.3 Å². The van der Waals surface area contributed by atoms with Gasteiger partial charge >= 0.3 is 0 Å². The van der Waals surface area contributed by atoms with Gasteiger partial charge in [-0.3, -0.25) is 4.79 Å². The maximum atomic E-state index is 12.2. The number of hydrogen-bond donors (Lipinski definition) is 2. The fourth-order valence-electron chi connectivity index (χ4n) is 1.70. The number of nitrogens with one attached hydrogen (secondary N) is 1. The number of carbonyl (C=O) groups is 1. The number of rotatable bonds is 4. The quantitative estimate of drug-likeness (QED) is 0.801. The minimum atomic E-state index is -0.188. The third-order valence-corrected chi connectivity index (χ3v) is 3.49. The van der Waals surface area contributed by atoms with Crippen molar-refractivity contribution < 1.29 is 9.53 Å². The normalized spacial score (nSPS) is 10.2. The third-order valence-electron chi connectivity index (χ3n) is 2.63. The molecule has 0 aliphatic rings. The van der Waals surface area contributed by atoms with Gasteiger partial charge in [-0.1, -0.05) is 15.9 Å². The van der Waals surface area contributed by atoms with Gasteiger partial charge in [0, 0.05) is 15.1 Å². The molecule has 0 aromatic heterocycles. The highest BCUT2D eigenvalue weighted by molar-refractivity contribution is 9.10. The molecule has 1 N–H and O–H groups in total. The lowest BCUT2D eigenvalue weighted by Crippen LogP contribution is -2.12. The van der Waals surface area contributed by atoms with Crippen LogP contribution in [0.3, 0.4) is 0 Å². The Bertz CT molecular complexity index is 614. The zero-order chi connectivity index (χ0) is 14.5. The Balaban J connectivity index is 2.11. The first-order valence-corrected chi connectivity index (χ1v) is 7.37. The highest BCUT2D eigenvalue weighted by atomic mass is 79.9. The number of halogens is 1. The van der Waals surface area contributed by atoms with Gasteiger partial charge < -0.3 is 10.1 Å². The SMILES string of the molecule is CCOc1ccc(NC(=O)c2ccc(Br)cc2S)cc1. The van der Waals surface area contributed by atoms with Gasteiger partial charge in [-0.25, -0.2) is 0 Å². The maximum absolute atomic E-state index is 12.2. The molecule has 0 heterocycles. The van der Waals surface area contributed by atoms with Crippen molar-refractivity contribution in [3.63, 3.8) is 0 Å². The van der Waals surface area contributed by atoms with Crippen LogP contribution in [0.2, 0.25) is 0 Å². The Kier molecular flexibility index (Phi) is 5.09. The van der Waals surface area contributed by atoms with Gasteiger partial charge in [0.05, 0.1) is 12.2 Å². The molecular formula is C15H14BrNO2S. The maximum Gasteiger partial charge on any atom is 0.256 e. The fraction of sp³-hybridized carbons (Fsp3) is 0.133. The Hall–Kier alpha value is -1.46. The van der Waals surface area contributed by atoms with Crippen LogP contribution >= 0.6 is 28.6 Å². The van der Waals surface area contributed by atoms with E-state index in [0.29, 0.717) is 22.8 Å². The Morgan fingerprint density at radius 1 is 1.25 bits per heavy atom. The van der Waals surface area contributed by atoms with E-state index in [0.717, 1.165) is 10.2 Å². The number of amides is 1. The van der Waals surface area contributed by atoms with Crippen LogP contribution in [-0.4, -0.2) is 12.5 Å². The average Bonchev–Trinajstić information content (AvgIpc) is 2.41. The summed E-state index contributed by atoms with van der Waals surface area (Å²) in [4.78, 5) is 12.8. The first kappa shape index (κ1) is 14.9. The summed E-state index contributed by atoms with van der Waals surface area (Å²) in [6, 6.07) is 12.6. The van der Waals surface area contributed by atoms with Crippen molar-refractivity contribution in [3.8, 4) is 5.75 Å². The van der Waals surface area contributed by atoms with Crippen LogP contribution < -0.4 is 10.1 Å². The third kappa shape index (κ3) is 3.77. The van der Waals surface area contributed by atoms with Crippen LogP contribution in [0.25, 0.3) is 0 Å². The van der Waals surface area contributed by atoms with E-state index in [4.69, 9.17) is 4.74 Å². The van der Waals surface area contributed by atoms with E-state index in [-0.39, 0.29) is 5.91 Å². The summed E-state index contributed by atoms with van der Waals surface area (Å²) >= 11 is 7.65. The second-order valence-corrected chi connectivity index (χ2v) is 5.47. The minimum absolute atomic E-state index is 0.188. The lowest BCUT2D eigenvalue weighted by atomic mass is 10.2. The molecule has 2 aromatic rings. The lowest BCUT2D eigenvalue weighted by Gasteiger charge is -2.08. The first-order valence-electron chi connectivity index (χ1n) is 6.13. The van der Waals surface area contributed by atoms with Crippen molar-refractivity contribution in [2.45, 2.75) is 11.8 Å². The minimum Gasteiger partial charge on any atom is -0.494 e. The zero-order valence-electron chi connectivity index (χ0n) is 10.9. The van der Waals surface area contributed by atoms with E-state index in [1.165, 1.54) is 0 Å². The second kappa shape index (κ2) is 6.81. The molecule has 0 aliphatic carbocycles. The molecule has 0 bridgehead atoms. The van der Waals surface area contributed by atoms with Crippen molar-refractivity contribution in [1.29, 1.82) is 0 Å². The number of ether oxygens (including phenoxy) is 1. The summed E-state index contributed by atoms with van der Waals surface area (Å²) in [5.74, 6) is 0.593. The number of anilines is 1. The molecule has 5 heteroatoms. The van der Waals surface area contributed by atoms with Crippen LogP contribution in [0.5, 0.6) is 5.75 Å². The summed E-state index contributed by atoms with van der Waals surface area (Å²) in [5, 5.41) is 2.83. The van der Waals surface area contributed by atoms with Gasteiger partial charge in [0.1, 0.15) is 5.75 Å². The highest BCUT2D eigenvalue weighted by Gasteiger charge is 2.10. The van der Waals surface area contributed by atoms with Gasteiger partial charge in [0.25, 0.3) is 5.91 Å². The van der Waals surface area contributed by atoms with E-state index >= 15 is 0 Å². The van der Waals surface area contributed by atoms with E-state index in [1.807, 2.05) is 25.1 Å². The van der Waals surface area contributed by atoms with Crippen LogP contribution in [-0.2, 0) is 0 Å².